The number of hydrogen-bond acceptors (Lipinski definition) is 4. The van der Waals surface area contributed by atoms with E-state index >= 15 is 0 Å². The molecule has 134 valence electrons. The Hall–Kier alpha value is -1.24. The van der Waals surface area contributed by atoms with Gasteiger partial charge in [-0.05, 0) is 43.7 Å². The molecule has 24 heavy (non-hydrogen) atoms. The first-order valence-electron chi connectivity index (χ1n) is 8.66. The molecule has 0 bridgehead atoms. The second kappa shape index (κ2) is 11.3. The van der Waals surface area contributed by atoms with Crippen LogP contribution in [0.3, 0.4) is 0 Å². The molecule has 0 radical (unpaired) electrons. The lowest BCUT2D eigenvalue weighted by Gasteiger charge is -2.13. The van der Waals surface area contributed by atoms with Gasteiger partial charge in [0.05, 0.1) is 19.3 Å². The van der Waals surface area contributed by atoms with Crippen LogP contribution in [0.1, 0.15) is 25.3 Å². The summed E-state index contributed by atoms with van der Waals surface area (Å²) in [4.78, 5) is 5.92. The predicted octanol–water partition coefficient (Wildman–Crippen LogP) is 2.66. The first-order valence-corrected chi connectivity index (χ1v) is 9.88. The molecule has 1 aliphatic heterocycles. The van der Waals surface area contributed by atoms with Gasteiger partial charge in [0.2, 0.25) is 0 Å². The quantitative estimate of drug-likeness (QED) is 0.310. The van der Waals surface area contributed by atoms with Gasteiger partial charge in [-0.2, -0.15) is 0 Å². The number of benzene rings is 1. The number of nitrogens with one attached hydrogen (secondary N) is 2. The van der Waals surface area contributed by atoms with Gasteiger partial charge < -0.3 is 20.1 Å². The fraction of sp³-hybridized carbons (Fsp3) is 0.611. The van der Waals surface area contributed by atoms with Crippen molar-refractivity contribution in [2.24, 2.45) is 4.99 Å². The summed E-state index contributed by atoms with van der Waals surface area (Å²) in [6, 6.07) is 8.55. The highest BCUT2D eigenvalue weighted by Gasteiger charge is 2.15. The molecule has 2 N–H and O–H groups in total. The summed E-state index contributed by atoms with van der Waals surface area (Å²) >= 11 is 1.75. The minimum absolute atomic E-state index is 0.288. The van der Waals surface area contributed by atoms with Gasteiger partial charge in [-0.15, -0.1) is 11.8 Å². The number of rotatable bonds is 9. The lowest BCUT2D eigenvalue weighted by atomic mass is 10.2. The van der Waals surface area contributed by atoms with Gasteiger partial charge in [0, 0.05) is 31.2 Å². The second-order valence-corrected chi connectivity index (χ2v) is 6.56. The van der Waals surface area contributed by atoms with Crippen molar-refractivity contribution >= 4 is 17.7 Å². The number of aliphatic imine (C=N–C) groups is 1. The Morgan fingerprint density at radius 3 is 2.83 bits per heavy atom. The Labute approximate surface area is 149 Å². The van der Waals surface area contributed by atoms with Crippen molar-refractivity contribution in [2.45, 2.75) is 37.3 Å². The summed E-state index contributed by atoms with van der Waals surface area (Å²) in [7, 11) is 0. The van der Waals surface area contributed by atoms with Crippen LogP contribution in [0.2, 0.25) is 0 Å². The second-order valence-electron chi connectivity index (χ2n) is 5.68. The number of thioether (sulfide) groups is 1. The van der Waals surface area contributed by atoms with Gasteiger partial charge in [0.25, 0.3) is 0 Å². The van der Waals surface area contributed by atoms with E-state index in [1.807, 2.05) is 0 Å². The van der Waals surface area contributed by atoms with Crippen molar-refractivity contribution < 1.29 is 9.47 Å². The smallest absolute Gasteiger partial charge is 0.191 e. The van der Waals surface area contributed by atoms with E-state index in [1.165, 1.54) is 10.5 Å². The zero-order chi connectivity index (χ0) is 17.0. The van der Waals surface area contributed by atoms with Crippen LogP contribution in [-0.2, 0) is 16.0 Å². The Balaban J connectivity index is 1.69. The average Bonchev–Trinajstić information content (AvgIpc) is 3.13. The Morgan fingerprint density at radius 1 is 1.33 bits per heavy atom. The topological polar surface area (TPSA) is 54.9 Å². The summed E-state index contributed by atoms with van der Waals surface area (Å²) in [5, 5.41) is 6.64. The zero-order valence-electron chi connectivity index (χ0n) is 14.7. The maximum atomic E-state index is 5.77. The zero-order valence-corrected chi connectivity index (χ0v) is 15.5. The van der Waals surface area contributed by atoms with Crippen LogP contribution in [0.5, 0.6) is 0 Å². The van der Waals surface area contributed by atoms with Crippen molar-refractivity contribution in [1.82, 2.24) is 10.6 Å². The highest BCUT2D eigenvalue weighted by molar-refractivity contribution is 7.98. The first kappa shape index (κ1) is 19.1. The minimum atomic E-state index is 0.288. The minimum Gasteiger partial charge on any atom is -0.379 e. The fourth-order valence-electron chi connectivity index (χ4n) is 2.42. The Bertz CT molecular complexity index is 488. The molecule has 1 fully saturated rings. The van der Waals surface area contributed by atoms with E-state index in [0.717, 1.165) is 51.7 Å². The lowest BCUT2D eigenvalue weighted by Crippen LogP contribution is -2.38. The number of guanidine groups is 1. The van der Waals surface area contributed by atoms with E-state index in [1.54, 1.807) is 11.8 Å². The number of nitrogens with zero attached hydrogens (tertiary/aromatic N) is 1. The highest BCUT2D eigenvalue weighted by atomic mass is 32.2. The summed E-state index contributed by atoms with van der Waals surface area (Å²) in [5.41, 5.74) is 1.22. The third-order valence-electron chi connectivity index (χ3n) is 3.78. The molecule has 1 saturated heterocycles. The molecule has 0 aliphatic carbocycles. The molecule has 1 atom stereocenters. The van der Waals surface area contributed by atoms with Gasteiger partial charge >= 0.3 is 0 Å². The van der Waals surface area contributed by atoms with Gasteiger partial charge in [0.1, 0.15) is 0 Å². The molecule has 5 nitrogen and oxygen atoms in total. The maximum Gasteiger partial charge on any atom is 0.191 e. The highest BCUT2D eigenvalue weighted by Crippen LogP contribution is 2.15. The van der Waals surface area contributed by atoms with Gasteiger partial charge in [-0.3, -0.25) is 0 Å². The van der Waals surface area contributed by atoms with E-state index in [0.29, 0.717) is 6.54 Å². The molecule has 1 aromatic carbocycles. The van der Waals surface area contributed by atoms with E-state index in [4.69, 9.17) is 9.47 Å². The van der Waals surface area contributed by atoms with E-state index < -0.39 is 0 Å². The van der Waals surface area contributed by atoms with Gasteiger partial charge in [-0.1, -0.05) is 12.1 Å². The van der Waals surface area contributed by atoms with Crippen molar-refractivity contribution in [1.29, 1.82) is 0 Å². The van der Waals surface area contributed by atoms with E-state index in [2.05, 4.69) is 53.1 Å². The molecular weight excluding hydrogens is 322 g/mol. The first-order chi connectivity index (χ1) is 11.8. The van der Waals surface area contributed by atoms with E-state index in [-0.39, 0.29) is 6.10 Å². The summed E-state index contributed by atoms with van der Waals surface area (Å²) in [6.45, 7) is 6.80. The fourth-order valence-corrected chi connectivity index (χ4v) is 2.82. The van der Waals surface area contributed by atoms with Gasteiger partial charge in [-0.25, -0.2) is 4.99 Å². The molecule has 0 aromatic heterocycles. The molecule has 1 heterocycles. The largest absolute Gasteiger partial charge is 0.379 e. The normalized spacial score (nSPS) is 17.9. The van der Waals surface area contributed by atoms with Crippen LogP contribution in [0.15, 0.2) is 34.2 Å². The molecule has 1 unspecified atom stereocenters. The standard InChI is InChI=1S/C18H29N3O2S/c1-3-19-18(20-10-4-11-23-16-9-12-22-14-16)21-13-15-5-7-17(24-2)8-6-15/h5-8,16H,3-4,9-14H2,1-2H3,(H2,19,20,21). The van der Waals surface area contributed by atoms with Crippen LogP contribution in [0.4, 0.5) is 0 Å². The lowest BCUT2D eigenvalue weighted by molar-refractivity contribution is 0.0420. The average molecular weight is 352 g/mol. The van der Waals surface area contributed by atoms with Crippen molar-refractivity contribution in [3.05, 3.63) is 29.8 Å². The Kier molecular flexibility index (Phi) is 9.02. The van der Waals surface area contributed by atoms with E-state index in [9.17, 15) is 0 Å². The molecular formula is C18H29N3O2S. The molecule has 1 aliphatic rings. The van der Waals surface area contributed by atoms with Crippen LogP contribution < -0.4 is 10.6 Å². The number of hydrogen-bond donors (Lipinski definition) is 2. The third-order valence-corrected chi connectivity index (χ3v) is 4.52. The van der Waals surface area contributed by atoms with Crippen LogP contribution in [0, 0.1) is 0 Å². The van der Waals surface area contributed by atoms with Crippen molar-refractivity contribution in [3.63, 3.8) is 0 Å². The molecule has 2 rings (SSSR count). The molecule has 0 amide bonds. The molecule has 0 saturated carbocycles. The van der Waals surface area contributed by atoms with Crippen LogP contribution >= 0.6 is 11.8 Å². The van der Waals surface area contributed by atoms with Crippen LogP contribution in [-0.4, -0.2) is 51.2 Å². The molecule has 0 spiro atoms. The summed E-state index contributed by atoms with van der Waals surface area (Å²) in [6.07, 6.45) is 4.36. The van der Waals surface area contributed by atoms with Crippen LogP contribution in [0.25, 0.3) is 0 Å². The maximum absolute atomic E-state index is 5.77. The number of ether oxygens (including phenoxy) is 2. The SMILES string of the molecule is CCNC(=NCc1ccc(SC)cc1)NCCCOC1CCOC1. The molecule has 6 heteroatoms. The summed E-state index contributed by atoms with van der Waals surface area (Å²) in [5.74, 6) is 0.857. The Morgan fingerprint density at radius 2 is 2.17 bits per heavy atom. The monoisotopic (exact) mass is 351 g/mol. The predicted molar refractivity (Wildman–Crippen MR) is 101 cm³/mol. The third kappa shape index (κ3) is 7.11. The summed E-state index contributed by atoms with van der Waals surface area (Å²) < 4.78 is 11.1. The van der Waals surface area contributed by atoms with Gasteiger partial charge in [0.15, 0.2) is 5.96 Å². The van der Waals surface area contributed by atoms with Crippen molar-refractivity contribution in [2.75, 3.05) is 39.2 Å². The molecule has 1 aromatic rings. The van der Waals surface area contributed by atoms with Crippen molar-refractivity contribution in [3.8, 4) is 0 Å².